The van der Waals surface area contributed by atoms with Crippen LogP contribution in [0, 0.1) is 0 Å². The first kappa shape index (κ1) is 17.6. The number of alkyl halides is 1. The number of benzene rings is 1. The topological polar surface area (TPSA) is 92.3 Å². The van der Waals surface area contributed by atoms with Crippen molar-refractivity contribution in [3.8, 4) is 0 Å². The molecule has 1 aromatic carbocycles. The number of nitrogens with one attached hydrogen (secondary N) is 2. The lowest BCUT2D eigenvalue weighted by Gasteiger charge is -2.07. The molecule has 0 atom stereocenters. The second-order valence-electron chi connectivity index (χ2n) is 4.00. The largest absolute Gasteiger partial charge is 0.240 e. The van der Waals surface area contributed by atoms with Crippen molar-refractivity contribution in [2.24, 2.45) is 0 Å². The van der Waals surface area contributed by atoms with Crippen molar-refractivity contribution >= 4 is 36.0 Å². The highest BCUT2D eigenvalue weighted by atomic mass is 79.9. The van der Waals surface area contributed by atoms with Gasteiger partial charge in [0.15, 0.2) is 0 Å². The van der Waals surface area contributed by atoms with Gasteiger partial charge >= 0.3 is 0 Å². The van der Waals surface area contributed by atoms with E-state index in [0.717, 1.165) is 17.3 Å². The number of hydrogen-bond acceptors (Lipinski definition) is 4. The molecule has 0 saturated heterocycles. The standard InChI is InChI=1S/C11H17BrN2O4S2/c1-13-19(15,16)9-8-14-20(17,18)11-4-2-10(3-5-11)6-7-12/h2-5,13-14H,6-9H2,1H3. The van der Waals surface area contributed by atoms with E-state index in [1.807, 2.05) is 0 Å². The monoisotopic (exact) mass is 384 g/mol. The van der Waals surface area contributed by atoms with Gasteiger partial charge in [-0.3, -0.25) is 0 Å². The third-order valence-corrected chi connectivity index (χ3v) is 5.83. The number of halogens is 1. The van der Waals surface area contributed by atoms with E-state index in [1.54, 1.807) is 12.1 Å². The summed E-state index contributed by atoms with van der Waals surface area (Å²) < 4.78 is 50.6. The lowest BCUT2D eigenvalue weighted by Crippen LogP contribution is -2.32. The maximum atomic E-state index is 11.9. The SMILES string of the molecule is CNS(=O)(=O)CCNS(=O)(=O)c1ccc(CCBr)cc1. The molecule has 9 heteroatoms. The molecule has 0 spiro atoms. The number of rotatable bonds is 8. The lowest BCUT2D eigenvalue weighted by atomic mass is 10.2. The van der Waals surface area contributed by atoms with Crippen LogP contribution in [-0.2, 0) is 26.5 Å². The maximum absolute atomic E-state index is 11.9. The Kier molecular flexibility index (Phi) is 6.59. The zero-order chi connectivity index (χ0) is 15.2. The van der Waals surface area contributed by atoms with Gasteiger partial charge in [-0.2, -0.15) is 0 Å². The van der Waals surface area contributed by atoms with E-state index in [9.17, 15) is 16.8 Å². The molecule has 0 radical (unpaired) electrons. The highest BCUT2D eigenvalue weighted by Crippen LogP contribution is 2.11. The maximum Gasteiger partial charge on any atom is 0.240 e. The number of sulfonamides is 2. The predicted octanol–water partition coefficient (Wildman–Crippen LogP) is 0.452. The van der Waals surface area contributed by atoms with Gasteiger partial charge in [-0.25, -0.2) is 26.3 Å². The van der Waals surface area contributed by atoms with E-state index < -0.39 is 20.0 Å². The molecule has 0 heterocycles. The van der Waals surface area contributed by atoms with Crippen molar-refractivity contribution in [1.82, 2.24) is 9.44 Å². The molecule has 6 nitrogen and oxygen atoms in total. The minimum absolute atomic E-state index is 0.123. The van der Waals surface area contributed by atoms with Gasteiger partial charge in [0.05, 0.1) is 10.6 Å². The summed E-state index contributed by atoms with van der Waals surface area (Å²) in [7, 11) is -5.81. The van der Waals surface area contributed by atoms with Crippen LogP contribution in [-0.4, -0.2) is 41.5 Å². The minimum atomic E-state index is -3.68. The van der Waals surface area contributed by atoms with Gasteiger partial charge in [-0.05, 0) is 31.2 Å². The molecule has 1 aromatic rings. The van der Waals surface area contributed by atoms with Crippen LogP contribution in [0.1, 0.15) is 5.56 Å². The van der Waals surface area contributed by atoms with Crippen LogP contribution in [0.5, 0.6) is 0 Å². The van der Waals surface area contributed by atoms with Crippen LogP contribution in [0.3, 0.4) is 0 Å². The number of hydrogen-bond donors (Lipinski definition) is 2. The van der Waals surface area contributed by atoms with Gasteiger partial charge in [0.2, 0.25) is 20.0 Å². The van der Waals surface area contributed by atoms with Gasteiger partial charge in [0, 0.05) is 11.9 Å². The molecule has 20 heavy (non-hydrogen) atoms. The van der Waals surface area contributed by atoms with Crippen molar-refractivity contribution in [3.05, 3.63) is 29.8 Å². The first-order valence-electron chi connectivity index (χ1n) is 5.86. The summed E-state index contributed by atoms with van der Waals surface area (Å²) in [6.45, 7) is -0.172. The van der Waals surface area contributed by atoms with E-state index in [4.69, 9.17) is 0 Å². The molecule has 1 rings (SSSR count). The molecule has 0 aliphatic rings. The molecule has 2 N–H and O–H groups in total. The first-order valence-corrected chi connectivity index (χ1v) is 10.1. The minimum Gasteiger partial charge on any atom is -0.218 e. The summed E-state index contributed by atoms with van der Waals surface area (Å²) >= 11 is 3.31. The van der Waals surface area contributed by atoms with Crippen molar-refractivity contribution in [2.75, 3.05) is 24.7 Å². The van der Waals surface area contributed by atoms with E-state index >= 15 is 0 Å². The molecule has 0 saturated carbocycles. The molecule has 0 unspecified atom stereocenters. The van der Waals surface area contributed by atoms with Crippen LogP contribution in [0.25, 0.3) is 0 Å². The van der Waals surface area contributed by atoms with Gasteiger partial charge in [-0.1, -0.05) is 28.1 Å². The average molecular weight is 385 g/mol. The van der Waals surface area contributed by atoms with Crippen molar-refractivity contribution in [1.29, 1.82) is 0 Å². The van der Waals surface area contributed by atoms with Crippen LogP contribution < -0.4 is 9.44 Å². The smallest absolute Gasteiger partial charge is 0.218 e. The van der Waals surface area contributed by atoms with E-state index in [-0.39, 0.29) is 17.2 Å². The van der Waals surface area contributed by atoms with Gasteiger partial charge in [0.25, 0.3) is 0 Å². The Morgan fingerprint density at radius 2 is 1.70 bits per heavy atom. The summed E-state index contributed by atoms with van der Waals surface area (Å²) in [5.74, 6) is -0.301. The summed E-state index contributed by atoms with van der Waals surface area (Å²) in [6, 6.07) is 6.49. The van der Waals surface area contributed by atoms with Crippen LogP contribution in [0.4, 0.5) is 0 Å². The second-order valence-corrected chi connectivity index (χ2v) is 8.61. The van der Waals surface area contributed by atoms with Crippen molar-refractivity contribution < 1.29 is 16.8 Å². The van der Waals surface area contributed by atoms with Crippen LogP contribution in [0.15, 0.2) is 29.2 Å². The van der Waals surface area contributed by atoms with E-state index in [1.165, 1.54) is 19.2 Å². The molecule has 0 amide bonds. The molecule has 0 aromatic heterocycles. The molecule has 0 fully saturated rings. The molecule has 0 aliphatic heterocycles. The van der Waals surface area contributed by atoms with Crippen molar-refractivity contribution in [3.63, 3.8) is 0 Å². The van der Waals surface area contributed by atoms with Gasteiger partial charge in [-0.15, -0.1) is 0 Å². The zero-order valence-corrected chi connectivity index (χ0v) is 14.2. The summed E-state index contributed by atoms with van der Waals surface area (Å²) in [6.07, 6.45) is 0.814. The fraction of sp³-hybridized carbons (Fsp3) is 0.455. The Morgan fingerprint density at radius 1 is 1.10 bits per heavy atom. The van der Waals surface area contributed by atoms with Gasteiger partial charge in [0.1, 0.15) is 0 Å². The van der Waals surface area contributed by atoms with Crippen LogP contribution in [0.2, 0.25) is 0 Å². The molecular weight excluding hydrogens is 368 g/mol. The highest BCUT2D eigenvalue weighted by Gasteiger charge is 2.15. The zero-order valence-electron chi connectivity index (χ0n) is 11.0. The Bertz CT molecular complexity index is 627. The summed E-state index contributed by atoms with van der Waals surface area (Å²) in [4.78, 5) is 0.123. The molecular formula is C11H17BrN2O4S2. The summed E-state index contributed by atoms with van der Waals surface area (Å²) in [5, 5.41) is 0.805. The Labute approximate surface area is 128 Å². The third kappa shape index (κ3) is 5.49. The lowest BCUT2D eigenvalue weighted by molar-refractivity contribution is 0.578. The van der Waals surface area contributed by atoms with E-state index in [2.05, 4.69) is 25.4 Å². The van der Waals surface area contributed by atoms with Crippen LogP contribution >= 0.6 is 15.9 Å². The normalized spacial score (nSPS) is 12.5. The van der Waals surface area contributed by atoms with Gasteiger partial charge < -0.3 is 0 Å². The average Bonchev–Trinajstić information content (AvgIpc) is 2.39. The highest BCUT2D eigenvalue weighted by molar-refractivity contribution is 9.09. The fourth-order valence-corrected chi connectivity index (χ4v) is 3.63. The molecule has 0 aliphatic carbocycles. The Balaban J connectivity index is 2.69. The predicted molar refractivity (Wildman–Crippen MR) is 82.0 cm³/mol. The second kappa shape index (κ2) is 7.51. The first-order chi connectivity index (χ1) is 9.30. The Morgan fingerprint density at radius 3 is 2.20 bits per heavy atom. The Hall–Kier alpha value is -0.480. The summed E-state index contributed by atoms with van der Waals surface area (Å²) in [5.41, 5.74) is 1.03. The molecule has 114 valence electrons. The quantitative estimate of drug-likeness (QED) is 0.636. The van der Waals surface area contributed by atoms with Crippen molar-refractivity contribution in [2.45, 2.75) is 11.3 Å². The number of aryl methyl sites for hydroxylation is 1. The molecule has 0 bridgehead atoms. The third-order valence-electron chi connectivity index (χ3n) is 2.59. The van der Waals surface area contributed by atoms with E-state index in [0.29, 0.717) is 0 Å². The fourth-order valence-electron chi connectivity index (χ4n) is 1.44.